The Morgan fingerprint density at radius 2 is 1.91 bits per heavy atom. The zero-order valence-electron chi connectivity index (χ0n) is 18.3. The summed E-state index contributed by atoms with van der Waals surface area (Å²) in [6, 6.07) is 15.2. The number of aromatic amines is 1. The van der Waals surface area contributed by atoms with Gasteiger partial charge >= 0.3 is 0 Å². The molecule has 0 bridgehead atoms. The number of aromatic nitrogens is 2. The van der Waals surface area contributed by atoms with Crippen LogP contribution in [0.2, 0.25) is 0 Å². The minimum absolute atomic E-state index is 0.0393. The number of amides is 1. The number of H-pyrrole nitrogens is 1. The number of rotatable bonds is 8. The highest BCUT2D eigenvalue weighted by atomic mass is 16.5. The number of carbonyl (C=O) groups is 1. The van der Waals surface area contributed by atoms with E-state index in [1.165, 1.54) is 0 Å². The molecule has 0 aliphatic carbocycles. The van der Waals surface area contributed by atoms with Crippen molar-refractivity contribution in [3.8, 4) is 0 Å². The van der Waals surface area contributed by atoms with Gasteiger partial charge in [-0.25, -0.2) is 4.98 Å². The lowest BCUT2D eigenvalue weighted by Crippen LogP contribution is -2.36. The first kappa shape index (κ1) is 22.0. The number of para-hydroxylation sites is 1. The van der Waals surface area contributed by atoms with Crippen LogP contribution in [0.5, 0.6) is 0 Å². The van der Waals surface area contributed by atoms with Crippen molar-refractivity contribution in [3.63, 3.8) is 0 Å². The van der Waals surface area contributed by atoms with Crippen LogP contribution < -0.4 is 15.8 Å². The molecule has 2 aromatic carbocycles. The molecule has 8 heteroatoms. The van der Waals surface area contributed by atoms with E-state index in [4.69, 9.17) is 4.74 Å². The lowest BCUT2D eigenvalue weighted by molar-refractivity contribution is -0.116. The third kappa shape index (κ3) is 5.52. The molecule has 3 aromatic rings. The molecule has 0 saturated carbocycles. The van der Waals surface area contributed by atoms with Crippen molar-refractivity contribution in [1.82, 2.24) is 14.9 Å². The van der Waals surface area contributed by atoms with Crippen molar-refractivity contribution in [3.05, 3.63) is 64.7 Å². The predicted molar refractivity (Wildman–Crippen MR) is 126 cm³/mol. The van der Waals surface area contributed by atoms with Crippen molar-refractivity contribution >= 4 is 28.2 Å². The molecule has 1 fully saturated rings. The van der Waals surface area contributed by atoms with Gasteiger partial charge in [-0.2, -0.15) is 0 Å². The monoisotopic (exact) mass is 435 g/mol. The van der Waals surface area contributed by atoms with E-state index in [0.29, 0.717) is 36.2 Å². The van der Waals surface area contributed by atoms with Gasteiger partial charge in [0.2, 0.25) is 5.91 Å². The largest absolute Gasteiger partial charge is 0.378 e. The maximum atomic E-state index is 12.5. The highest BCUT2D eigenvalue weighted by Gasteiger charge is 2.13. The first-order valence-electron chi connectivity index (χ1n) is 11.1. The highest BCUT2D eigenvalue weighted by molar-refractivity contribution is 5.91. The summed E-state index contributed by atoms with van der Waals surface area (Å²) in [6.45, 7) is 7.10. The van der Waals surface area contributed by atoms with Gasteiger partial charge in [0, 0.05) is 37.4 Å². The molecule has 1 aromatic heterocycles. The topological polar surface area (TPSA) is 90.6 Å². The number of carbonyl (C=O) groups excluding carboxylic acids is 1. The Hall–Kier alpha value is -3.23. The maximum Gasteiger partial charge on any atom is 0.258 e. The molecule has 1 aliphatic heterocycles. The van der Waals surface area contributed by atoms with Crippen LogP contribution in [0.25, 0.3) is 10.9 Å². The summed E-state index contributed by atoms with van der Waals surface area (Å²) in [7, 11) is 0. The number of morpholine rings is 1. The molecule has 8 nitrogen and oxygen atoms in total. The van der Waals surface area contributed by atoms with E-state index in [1.54, 1.807) is 6.07 Å². The number of hydrogen-bond acceptors (Lipinski definition) is 6. The molecule has 1 aliphatic rings. The van der Waals surface area contributed by atoms with Crippen molar-refractivity contribution in [2.45, 2.75) is 19.9 Å². The van der Waals surface area contributed by atoms with Gasteiger partial charge in [-0.1, -0.05) is 19.1 Å². The molecule has 0 unspecified atom stereocenters. The minimum atomic E-state index is -0.139. The van der Waals surface area contributed by atoms with Crippen molar-refractivity contribution in [2.24, 2.45) is 0 Å². The summed E-state index contributed by atoms with van der Waals surface area (Å²) in [4.78, 5) is 36.5. The van der Waals surface area contributed by atoms with Gasteiger partial charge in [0.1, 0.15) is 5.82 Å². The highest BCUT2D eigenvalue weighted by Crippen LogP contribution is 2.19. The second-order valence-corrected chi connectivity index (χ2v) is 7.84. The van der Waals surface area contributed by atoms with Crippen LogP contribution >= 0.6 is 0 Å². The standard InChI is InChI=1S/C24H29N5O3/c1-2-28(17-22-26-21-6-4-3-5-20(21)24(31)27-22)12-11-23(30)25-18-7-9-19(10-8-18)29-13-15-32-16-14-29/h3-10H,2,11-17H2,1H3,(H,25,30)(H,26,27,31). The number of ether oxygens (including phenoxy) is 1. The molecule has 0 radical (unpaired) electrons. The smallest absolute Gasteiger partial charge is 0.258 e. The fourth-order valence-electron chi connectivity index (χ4n) is 3.83. The third-order valence-corrected chi connectivity index (χ3v) is 5.66. The van der Waals surface area contributed by atoms with E-state index in [1.807, 2.05) is 49.4 Å². The van der Waals surface area contributed by atoms with Crippen LogP contribution in [0.15, 0.2) is 53.3 Å². The Morgan fingerprint density at radius 3 is 2.66 bits per heavy atom. The third-order valence-electron chi connectivity index (χ3n) is 5.66. The number of hydrogen-bond donors (Lipinski definition) is 2. The fourth-order valence-corrected chi connectivity index (χ4v) is 3.83. The van der Waals surface area contributed by atoms with E-state index in [-0.39, 0.29) is 11.5 Å². The lowest BCUT2D eigenvalue weighted by atomic mass is 10.2. The van der Waals surface area contributed by atoms with Crippen molar-refractivity contribution in [1.29, 1.82) is 0 Å². The Kier molecular flexibility index (Phi) is 7.14. The molecule has 0 spiro atoms. The molecule has 0 atom stereocenters. The average molecular weight is 436 g/mol. The zero-order valence-corrected chi connectivity index (χ0v) is 18.3. The molecule has 32 heavy (non-hydrogen) atoms. The second-order valence-electron chi connectivity index (χ2n) is 7.84. The summed E-state index contributed by atoms with van der Waals surface area (Å²) in [5.74, 6) is 0.567. The van der Waals surface area contributed by atoms with Gasteiger partial charge in [-0.15, -0.1) is 0 Å². The molecule has 168 valence electrons. The van der Waals surface area contributed by atoms with Crippen LogP contribution in [-0.4, -0.2) is 60.2 Å². The summed E-state index contributed by atoms with van der Waals surface area (Å²) >= 11 is 0. The normalized spacial score (nSPS) is 14.1. The zero-order chi connectivity index (χ0) is 22.3. The fraction of sp³-hybridized carbons (Fsp3) is 0.375. The number of nitrogens with zero attached hydrogens (tertiary/aromatic N) is 3. The number of benzene rings is 2. The molecular weight excluding hydrogens is 406 g/mol. The van der Waals surface area contributed by atoms with Gasteiger partial charge in [-0.3, -0.25) is 14.5 Å². The van der Waals surface area contributed by atoms with Gasteiger partial charge in [0.15, 0.2) is 0 Å². The molecule has 4 rings (SSSR count). The van der Waals surface area contributed by atoms with Crippen molar-refractivity contribution in [2.75, 3.05) is 49.6 Å². The second kappa shape index (κ2) is 10.4. The van der Waals surface area contributed by atoms with E-state index >= 15 is 0 Å². The molecule has 2 heterocycles. The van der Waals surface area contributed by atoms with E-state index in [2.05, 4.69) is 25.1 Å². The lowest BCUT2D eigenvalue weighted by Gasteiger charge is -2.28. The Balaban J connectivity index is 1.30. The summed E-state index contributed by atoms with van der Waals surface area (Å²) < 4.78 is 5.39. The van der Waals surface area contributed by atoms with Crippen LogP contribution in [0.1, 0.15) is 19.2 Å². The van der Waals surface area contributed by atoms with Crippen molar-refractivity contribution < 1.29 is 9.53 Å². The number of nitrogens with one attached hydrogen (secondary N) is 2. The SMILES string of the molecule is CCN(CCC(=O)Nc1ccc(N2CCOCC2)cc1)Cc1nc2ccccc2c(=O)[nH]1. The first-order chi connectivity index (χ1) is 15.6. The maximum absolute atomic E-state index is 12.5. The summed E-state index contributed by atoms with van der Waals surface area (Å²) in [5.41, 5.74) is 2.47. The van der Waals surface area contributed by atoms with Gasteiger partial charge < -0.3 is 19.9 Å². The molecular formula is C24H29N5O3. The van der Waals surface area contributed by atoms with Crippen LogP contribution in [0, 0.1) is 0 Å². The molecule has 1 saturated heterocycles. The molecule has 1 amide bonds. The van der Waals surface area contributed by atoms with E-state index in [9.17, 15) is 9.59 Å². The van der Waals surface area contributed by atoms with Gasteiger partial charge in [0.05, 0.1) is 30.7 Å². The quantitative estimate of drug-likeness (QED) is 0.565. The van der Waals surface area contributed by atoms with Gasteiger partial charge in [-0.05, 0) is 42.9 Å². The van der Waals surface area contributed by atoms with Gasteiger partial charge in [0.25, 0.3) is 5.56 Å². The van der Waals surface area contributed by atoms with Crippen LogP contribution in [-0.2, 0) is 16.1 Å². The summed E-state index contributed by atoms with van der Waals surface area (Å²) in [5, 5.41) is 3.55. The van der Waals surface area contributed by atoms with Crippen LogP contribution in [0.3, 0.4) is 0 Å². The van der Waals surface area contributed by atoms with E-state index in [0.717, 1.165) is 44.2 Å². The minimum Gasteiger partial charge on any atom is -0.378 e. The summed E-state index contributed by atoms with van der Waals surface area (Å²) in [6.07, 6.45) is 0.358. The van der Waals surface area contributed by atoms with E-state index < -0.39 is 0 Å². The number of anilines is 2. The number of fused-ring (bicyclic) bond motifs is 1. The Bertz CT molecular complexity index is 1110. The first-order valence-corrected chi connectivity index (χ1v) is 11.1. The molecule has 2 N–H and O–H groups in total. The average Bonchev–Trinajstić information content (AvgIpc) is 2.83. The Morgan fingerprint density at radius 1 is 1.16 bits per heavy atom. The predicted octanol–water partition coefficient (Wildman–Crippen LogP) is 2.61. The Labute approximate surface area is 187 Å². The van der Waals surface area contributed by atoms with Crippen LogP contribution in [0.4, 0.5) is 11.4 Å².